The van der Waals surface area contributed by atoms with E-state index in [1.165, 1.54) is 25.8 Å². The van der Waals surface area contributed by atoms with Crippen molar-refractivity contribution in [2.45, 2.75) is 24.8 Å². The molecule has 0 unspecified atom stereocenters. The van der Waals surface area contributed by atoms with Crippen LogP contribution in [-0.4, -0.2) is 25.3 Å². The van der Waals surface area contributed by atoms with Crippen LogP contribution in [0.3, 0.4) is 0 Å². The first-order valence-electron chi connectivity index (χ1n) is 3.74. The molecule has 1 spiro atoms. The number of rotatable bonds is 0. The molecular formula is C7H13NO. The molecule has 0 aromatic carbocycles. The van der Waals surface area contributed by atoms with Crippen molar-refractivity contribution in [1.82, 2.24) is 5.32 Å². The van der Waals surface area contributed by atoms with Crippen molar-refractivity contribution in [2.75, 3.05) is 19.8 Å². The van der Waals surface area contributed by atoms with Gasteiger partial charge in [0.1, 0.15) is 0 Å². The zero-order valence-corrected chi connectivity index (χ0v) is 5.65. The minimum absolute atomic E-state index is 0.417. The van der Waals surface area contributed by atoms with Crippen LogP contribution >= 0.6 is 0 Å². The molecule has 2 nitrogen and oxygen atoms in total. The van der Waals surface area contributed by atoms with Crippen LogP contribution in [0.1, 0.15) is 19.3 Å². The van der Waals surface area contributed by atoms with Gasteiger partial charge in [-0.2, -0.15) is 0 Å². The van der Waals surface area contributed by atoms with Gasteiger partial charge >= 0.3 is 0 Å². The van der Waals surface area contributed by atoms with E-state index in [0.29, 0.717) is 5.54 Å². The Labute approximate surface area is 55.6 Å². The predicted molar refractivity (Wildman–Crippen MR) is 35.4 cm³/mol. The maximum Gasteiger partial charge on any atom is 0.0649 e. The van der Waals surface area contributed by atoms with Gasteiger partial charge in [-0.15, -0.1) is 0 Å². The summed E-state index contributed by atoms with van der Waals surface area (Å²) in [6.45, 7) is 3.11. The summed E-state index contributed by atoms with van der Waals surface area (Å²) in [4.78, 5) is 0. The third-order valence-electron chi connectivity index (χ3n) is 2.44. The largest absolute Gasteiger partial charge is 0.379 e. The molecule has 52 valence electrons. The highest BCUT2D eigenvalue weighted by Gasteiger charge is 2.36. The molecule has 0 saturated carbocycles. The maximum absolute atomic E-state index is 5.32. The van der Waals surface area contributed by atoms with E-state index < -0.39 is 0 Å². The molecule has 2 saturated heterocycles. The third-order valence-corrected chi connectivity index (χ3v) is 2.44. The molecule has 0 aliphatic carbocycles. The average Bonchev–Trinajstić information content (AvgIpc) is 2.45. The van der Waals surface area contributed by atoms with Crippen LogP contribution in [0.25, 0.3) is 0 Å². The van der Waals surface area contributed by atoms with Crippen LogP contribution in [0, 0.1) is 0 Å². The lowest BCUT2D eigenvalue weighted by Crippen LogP contribution is -2.39. The molecule has 0 radical (unpaired) electrons. The van der Waals surface area contributed by atoms with E-state index in [9.17, 15) is 0 Å². The van der Waals surface area contributed by atoms with Crippen molar-refractivity contribution in [3.05, 3.63) is 0 Å². The van der Waals surface area contributed by atoms with Gasteiger partial charge in [-0.1, -0.05) is 0 Å². The van der Waals surface area contributed by atoms with E-state index in [2.05, 4.69) is 5.32 Å². The van der Waals surface area contributed by atoms with Crippen molar-refractivity contribution >= 4 is 0 Å². The van der Waals surface area contributed by atoms with E-state index in [-0.39, 0.29) is 0 Å². The Morgan fingerprint density at radius 3 is 2.89 bits per heavy atom. The van der Waals surface area contributed by atoms with Crippen LogP contribution in [-0.2, 0) is 4.74 Å². The number of hydrogen-bond donors (Lipinski definition) is 1. The fourth-order valence-corrected chi connectivity index (χ4v) is 1.81. The van der Waals surface area contributed by atoms with Crippen molar-refractivity contribution in [3.8, 4) is 0 Å². The molecule has 0 bridgehead atoms. The van der Waals surface area contributed by atoms with Crippen LogP contribution in [0.5, 0.6) is 0 Å². The first-order valence-corrected chi connectivity index (χ1v) is 3.74. The summed E-state index contributed by atoms with van der Waals surface area (Å²) in [5, 5.41) is 3.51. The molecule has 0 aromatic rings. The molecule has 2 heteroatoms. The van der Waals surface area contributed by atoms with Crippen molar-refractivity contribution < 1.29 is 4.74 Å². The topological polar surface area (TPSA) is 21.3 Å². The lowest BCUT2D eigenvalue weighted by Gasteiger charge is -2.19. The Morgan fingerprint density at radius 1 is 1.33 bits per heavy atom. The minimum atomic E-state index is 0.417. The Balaban J connectivity index is 2.04. The summed E-state index contributed by atoms with van der Waals surface area (Å²) in [7, 11) is 0. The first kappa shape index (κ1) is 5.69. The van der Waals surface area contributed by atoms with E-state index in [1.54, 1.807) is 0 Å². The second kappa shape index (κ2) is 1.96. The molecule has 1 atom stereocenters. The standard InChI is InChI=1S/C7H13NO/c1-2-7(8-4-1)3-5-9-6-7/h8H,1-6H2/t7-/m0/s1. The molecule has 1 N–H and O–H groups in total. The predicted octanol–water partition coefficient (Wildman–Crippen LogP) is 0.529. The van der Waals surface area contributed by atoms with Crippen LogP contribution < -0.4 is 5.32 Å². The number of ether oxygens (including phenoxy) is 1. The zero-order chi connectivity index (χ0) is 6.16. The van der Waals surface area contributed by atoms with Gasteiger partial charge in [0.05, 0.1) is 6.61 Å². The van der Waals surface area contributed by atoms with Gasteiger partial charge in [-0.25, -0.2) is 0 Å². The molecular weight excluding hydrogens is 114 g/mol. The minimum Gasteiger partial charge on any atom is -0.379 e. The fourth-order valence-electron chi connectivity index (χ4n) is 1.81. The summed E-state index contributed by atoms with van der Waals surface area (Å²) in [5.41, 5.74) is 0.417. The molecule has 2 aliphatic rings. The normalized spacial score (nSPS) is 42.7. The number of hydrogen-bond acceptors (Lipinski definition) is 2. The van der Waals surface area contributed by atoms with E-state index in [0.717, 1.165) is 13.2 Å². The zero-order valence-electron chi connectivity index (χ0n) is 5.65. The SMILES string of the molecule is C1CN[C@@]2(C1)CCOC2. The quantitative estimate of drug-likeness (QED) is 0.512. The second-order valence-corrected chi connectivity index (χ2v) is 3.11. The fraction of sp³-hybridized carbons (Fsp3) is 1.00. The summed E-state index contributed by atoms with van der Waals surface area (Å²) >= 11 is 0. The molecule has 2 rings (SSSR count). The second-order valence-electron chi connectivity index (χ2n) is 3.11. The molecule has 2 heterocycles. The van der Waals surface area contributed by atoms with Gasteiger partial charge in [-0.05, 0) is 25.8 Å². The Kier molecular flexibility index (Phi) is 1.24. The molecule has 2 fully saturated rings. The lowest BCUT2D eigenvalue weighted by molar-refractivity contribution is 0.173. The van der Waals surface area contributed by atoms with Crippen LogP contribution in [0.4, 0.5) is 0 Å². The summed E-state index contributed by atoms with van der Waals surface area (Å²) < 4.78 is 5.32. The van der Waals surface area contributed by atoms with Crippen LogP contribution in [0.15, 0.2) is 0 Å². The van der Waals surface area contributed by atoms with E-state index in [4.69, 9.17) is 4.74 Å². The Bertz CT molecular complexity index is 84.0. The smallest absolute Gasteiger partial charge is 0.0649 e. The van der Waals surface area contributed by atoms with Gasteiger partial charge in [0, 0.05) is 12.1 Å². The van der Waals surface area contributed by atoms with Crippen LogP contribution in [0.2, 0.25) is 0 Å². The Hall–Kier alpha value is -0.0800. The van der Waals surface area contributed by atoms with Crippen molar-refractivity contribution in [2.24, 2.45) is 0 Å². The summed E-state index contributed by atoms with van der Waals surface area (Å²) in [6, 6.07) is 0. The average molecular weight is 127 g/mol. The molecule has 0 aromatic heterocycles. The third kappa shape index (κ3) is 0.864. The van der Waals surface area contributed by atoms with Crippen molar-refractivity contribution in [3.63, 3.8) is 0 Å². The van der Waals surface area contributed by atoms with Gasteiger partial charge in [0.2, 0.25) is 0 Å². The molecule has 9 heavy (non-hydrogen) atoms. The monoisotopic (exact) mass is 127 g/mol. The first-order chi connectivity index (χ1) is 4.41. The molecule has 2 aliphatic heterocycles. The van der Waals surface area contributed by atoms with Crippen molar-refractivity contribution in [1.29, 1.82) is 0 Å². The van der Waals surface area contributed by atoms with Gasteiger partial charge in [0.15, 0.2) is 0 Å². The van der Waals surface area contributed by atoms with E-state index >= 15 is 0 Å². The number of nitrogens with one attached hydrogen (secondary N) is 1. The highest BCUT2D eigenvalue weighted by atomic mass is 16.5. The molecule has 0 amide bonds. The summed E-state index contributed by atoms with van der Waals surface area (Å²) in [6.07, 6.45) is 3.89. The van der Waals surface area contributed by atoms with Gasteiger partial charge in [0.25, 0.3) is 0 Å². The van der Waals surface area contributed by atoms with E-state index in [1.807, 2.05) is 0 Å². The van der Waals surface area contributed by atoms with Gasteiger partial charge < -0.3 is 10.1 Å². The highest BCUT2D eigenvalue weighted by Crippen LogP contribution is 2.27. The van der Waals surface area contributed by atoms with Gasteiger partial charge in [-0.3, -0.25) is 0 Å². The Morgan fingerprint density at radius 2 is 2.33 bits per heavy atom. The summed E-state index contributed by atoms with van der Waals surface area (Å²) in [5.74, 6) is 0. The highest BCUT2D eigenvalue weighted by molar-refractivity contribution is 4.95. The lowest BCUT2D eigenvalue weighted by atomic mass is 9.97. The maximum atomic E-state index is 5.32.